The summed E-state index contributed by atoms with van der Waals surface area (Å²) < 4.78 is 0. The van der Waals surface area contributed by atoms with Crippen molar-refractivity contribution in [2.45, 2.75) is 63.6 Å². The van der Waals surface area contributed by atoms with Crippen LogP contribution in [0.25, 0.3) is 0 Å². The Hall–Kier alpha value is -0.610. The van der Waals surface area contributed by atoms with Gasteiger partial charge in [0.1, 0.15) is 0 Å². The van der Waals surface area contributed by atoms with Crippen LogP contribution in [0, 0.1) is 5.92 Å². The third kappa shape index (κ3) is 2.52. The van der Waals surface area contributed by atoms with E-state index in [0.29, 0.717) is 18.0 Å². The summed E-state index contributed by atoms with van der Waals surface area (Å²) in [5, 5.41) is 0. The predicted octanol–water partition coefficient (Wildman–Crippen LogP) is 1.20. The summed E-state index contributed by atoms with van der Waals surface area (Å²) in [7, 11) is 0. The molecule has 2 aliphatic heterocycles. The van der Waals surface area contributed by atoms with Crippen LogP contribution in [0.5, 0.6) is 0 Å². The Bertz CT molecular complexity index is 346. The highest BCUT2D eigenvalue weighted by atomic mass is 16.2. The van der Waals surface area contributed by atoms with E-state index in [9.17, 15) is 4.79 Å². The van der Waals surface area contributed by atoms with Gasteiger partial charge in [-0.25, -0.2) is 0 Å². The Morgan fingerprint density at radius 2 is 1.95 bits per heavy atom. The lowest BCUT2D eigenvalue weighted by atomic mass is 9.94. The normalized spacial score (nSPS) is 40.2. The molecule has 0 spiro atoms. The van der Waals surface area contributed by atoms with E-state index >= 15 is 0 Å². The van der Waals surface area contributed by atoms with Gasteiger partial charge in [0.05, 0.1) is 5.92 Å². The maximum Gasteiger partial charge on any atom is 0.227 e. The number of fused-ring (bicyclic) bond motifs is 1. The maximum absolute atomic E-state index is 12.7. The van der Waals surface area contributed by atoms with E-state index in [1.54, 1.807) is 0 Å². The first-order valence-corrected chi connectivity index (χ1v) is 7.97. The van der Waals surface area contributed by atoms with Gasteiger partial charge >= 0.3 is 0 Å². The zero-order valence-corrected chi connectivity index (χ0v) is 12.1. The van der Waals surface area contributed by atoms with Crippen LogP contribution in [-0.2, 0) is 4.79 Å². The van der Waals surface area contributed by atoms with Crippen LogP contribution in [0.15, 0.2) is 0 Å². The zero-order valence-electron chi connectivity index (χ0n) is 12.1. The molecule has 0 aromatic rings. The van der Waals surface area contributed by atoms with Crippen LogP contribution in [-0.4, -0.2) is 53.5 Å². The van der Waals surface area contributed by atoms with Crippen molar-refractivity contribution >= 4 is 5.91 Å². The molecule has 4 heteroatoms. The van der Waals surface area contributed by atoms with Gasteiger partial charge in [0.2, 0.25) is 5.91 Å². The zero-order chi connectivity index (χ0) is 13.4. The van der Waals surface area contributed by atoms with Gasteiger partial charge in [0, 0.05) is 31.2 Å². The molecule has 2 N–H and O–H groups in total. The van der Waals surface area contributed by atoms with Crippen molar-refractivity contribution < 1.29 is 4.79 Å². The molecule has 19 heavy (non-hydrogen) atoms. The van der Waals surface area contributed by atoms with Gasteiger partial charge in [-0.3, -0.25) is 9.69 Å². The van der Waals surface area contributed by atoms with E-state index in [0.717, 1.165) is 32.4 Å². The maximum atomic E-state index is 12.7. The van der Waals surface area contributed by atoms with Crippen LogP contribution in [0.1, 0.15) is 45.4 Å². The number of carbonyl (C=O) groups is 1. The van der Waals surface area contributed by atoms with Crippen molar-refractivity contribution in [1.82, 2.24) is 9.80 Å². The van der Waals surface area contributed by atoms with Crippen molar-refractivity contribution in [3.63, 3.8) is 0 Å². The fourth-order valence-corrected chi connectivity index (χ4v) is 4.17. The summed E-state index contributed by atoms with van der Waals surface area (Å²) in [6, 6.07) is 1.06. The number of nitrogens with zero attached hydrogens (tertiary/aromatic N) is 2. The number of rotatable bonds is 1. The summed E-state index contributed by atoms with van der Waals surface area (Å²) >= 11 is 0. The minimum atomic E-state index is 0.0950. The lowest BCUT2D eigenvalue weighted by Gasteiger charge is -2.48. The number of piperidine rings is 1. The number of nitrogens with two attached hydrogens (primary N) is 1. The highest BCUT2D eigenvalue weighted by molar-refractivity contribution is 5.80. The summed E-state index contributed by atoms with van der Waals surface area (Å²) in [5.74, 6) is 0.431. The van der Waals surface area contributed by atoms with Gasteiger partial charge in [-0.2, -0.15) is 0 Å². The monoisotopic (exact) mass is 265 g/mol. The van der Waals surface area contributed by atoms with E-state index in [-0.39, 0.29) is 12.0 Å². The average molecular weight is 265 g/mol. The average Bonchev–Trinajstić information content (AvgIpc) is 2.83. The number of hydrogen-bond donors (Lipinski definition) is 1. The summed E-state index contributed by atoms with van der Waals surface area (Å²) in [4.78, 5) is 17.5. The molecule has 108 valence electrons. The smallest absolute Gasteiger partial charge is 0.227 e. The molecule has 1 saturated carbocycles. The number of piperazine rings is 1. The van der Waals surface area contributed by atoms with Gasteiger partial charge in [-0.1, -0.05) is 12.8 Å². The first-order valence-electron chi connectivity index (χ1n) is 7.97. The van der Waals surface area contributed by atoms with Crippen molar-refractivity contribution in [3.8, 4) is 0 Å². The number of hydrogen-bond acceptors (Lipinski definition) is 3. The third-order valence-corrected chi connectivity index (χ3v) is 5.36. The molecule has 0 radical (unpaired) electrons. The molecule has 1 aliphatic carbocycles. The minimum absolute atomic E-state index is 0.0950. The van der Waals surface area contributed by atoms with Gasteiger partial charge in [-0.05, 0) is 39.2 Å². The topological polar surface area (TPSA) is 49.6 Å². The molecule has 2 saturated heterocycles. The predicted molar refractivity (Wildman–Crippen MR) is 75.7 cm³/mol. The third-order valence-electron chi connectivity index (χ3n) is 5.36. The fraction of sp³-hybridized carbons (Fsp3) is 0.933. The summed E-state index contributed by atoms with van der Waals surface area (Å²) in [5.41, 5.74) is 6.11. The number of amides is 1. The molecule has 3 rings (SSSR count). The highest BCUT2D eigenvalue weighted by Gasteiger charge is 2.40. The molecule has 2 heterocycles. The van der Waals surface area contributed by atoms with Gasteiger partial charge < -0.3 is 10.6 Å². The molecule has 0 aromatic heterocycles. The molecule has 0 aromatic carbocycles. The van der Waals surface area contributed by atoms with Gasteiger partial charge in [-0.15, -0.1) is 0 Å². The summed E-state index contributed by atoms with van der Waals surface area (Å²) in [6.45, 7) is 5.41. The molecular weight excluding hydrogens is 238 g/mol. The molecule has 4 unspecified atom stereocenters. The molecular formula is C15H27N3O. The van der Waals surface area contributed by atoms with E-state index < -0.39 is 0 Å². The quantitative estimate of drug-likeness (QED) is 0.775. The fourth-order valence-electron chi connectivity index (χ4n) is 4.17. The van der Waals surface area contributed by atoms with Crippen LogP contribution < -0.4 is 5.73 Å². The van der Waals surface area contributed by atoms with Crippen LogP contribution >= 0.6 is 0 Å². The van der Waals surface area contributed by atoms with E-state index in [1.165, 1.54) is 25.8 Å². The Morgan fingerprint density at radius 1 is 1.11 bits per heavy atom. The van der Waals surface area contributed by atoms with Crippen molar-refractivity contribution in [1.29, 1.82) is 0 Å². The number of carbonyl (C=O) groups excluding carboxylic acids is 1. The molecule has 4 atom stereocenters. The molecule has 4 nitrogen and oxygen atoms in total. The SMILES string of the molecule is CC1CN2CCCCC2CN1C(=O)C1CCCC1N. The van der Waals surface area contributed by atoms with Crippen molar-refractivity contribution in [2.24, 2.45) is 11.7 Å². The Balaban J connectivity index is 1.68. The van der Waals surface area contributed by atoms with E-state index in [2.05, 4.69) is 16.7 Å². The highest BCUT2D eigenvalue weighted by Crippen LogP contribution is 2.30. The van der Waals surface area contributed by atoms with Crippen molar-refractivity contribution in [2.75, 3.05) is 19.6 Å². The van der Waals surface area contributed by atoms with E-state index in [1.807, 2.05) is 0 Å². The lowest BCUT2D eigenvalue weighted by molar-refractivity contribution is -0.142. The van der Waals surface area contributed by atoms with Gasteiger partial charge in [0.15, 0.2) is 0 Å². The van der Waals surface area contributed by atoms with Crippen LogP contribution in [0.4, 0.5) is 0 Å². The van der Waals surface area contributed by atoms with Crippen LogP contribution in [0.3, 0.4) is 0 Å². The van der Waals surface area contributed by atoms with Gasteiger partial charge in [0.25, 0.3) is 0 Å². The Morgan fingerprint density at radius 3 is 2.68 bits per heavy atom. The lowest BCUT2D eigenvalue weighted by Crippen LogP contribution is -2.61. The Labute approximate surface area is 116 Å². The second-order valence-electron chi connectivity index (χ2n) is 6.69. The van der Waals surface area contributed by atoms with E-state index in [4.69, 9.17) is 5.73 Å². The Kier molecular flexibility index (Phi) is 3.81. The molecule has 1 amide bonds. The minimum Gasteiger partial charge on any atom is -0.337 e. The van der Waals surface area contributed by atoms with Crippen LogP contribution in [0.2, 0.25) is 0 Å². The molecule has 3 aliphatic rings. The largest absolute Gasteiger partial charge is 0.337 e. The molecule has 0 bridgehead atoms. The summed E-state index contributed by atoms with van der Waals surface area (Å²) in [6.07, 6.45) is 7.04. The first kappa shape index (κ1) is 13.4. The first-order chi connectivity index (χ1) is 9.16. The second kappa shape index (κ2) is 5.41. The van der Waals surface area contributed by atoms with Crippen molar-refractivity contribution in [3.05, 3.63) is 0 Å². The standard InChI is InChI=1S/C15H27N3O/c1-11-9-17-8-3-2-5-12(17)10-18(11)15(19)13-6-4-7-14(13)16/h11-14H,2-10,16H2,1H3. The molecule has 3 fully saturated rings. The second-order valence-corrected chi connectivity index (χ2v) is 6.69.